The molecule has 1 saturated carbocycles. The molecule has 1 fully saturated rings. The molecule has 0 aromatic carbocycles. The normalized spacial score (nSPS) is 42.1. The van der Waals surface area contributed by atoms with Crippen molar-refractivity contribution in [3.05, 3.63) is 11.3 Å². The number of hydrogen-bond acceptors (Lipinski definition) is 3. The maximum atomic E-state index is 11.2. The SMILES string of the molecule is COC1(C)C(O)=C(C(C)=O)[C@H]2C[C@H]21. The number of carbonyl (C=O) groups is 1. The molecule has 0 saturated heterocycles. The fraction of sp³-hybridized carbons (Fsp3) is 0.700. The number of rotatable bonds is 2. The summed E-state index contributed by atoms with van der Waals surface area (Å²) in [7, 11) is 1.58. The standard InChI is InChI=1S/C10H14O3/c1-5(11)8-6-4-7(6)10(2,13-3)9(8)12/h6-7,12H,4H2,1-3H3/t6-,7+,10?/m0/s1. The smallest absolute Gasteiger partial charge is 0.159 e. The third-order valence-corrected chi connectivity index (χ3v) is 3.40. The number of allylic oxidation sites excluding steroid dienone is 1. The van der Waals surface area contributed by atoms with Gasteiger partial charge in [-0.1, -0.05) is 0 Å². The van der Waals surface area contributed by atoms with Crippen molar-refractivity contribution in [2.45, 2.75) is 25.9 Å². The predicted molar refractivity (Wildman–Crippen MR) is 47.3 cm³/mol. The van der Waals surface area contributed by atoms with Gasteiger partial charge in [-0.2, -0.15) is 0 Å². The lowest BCUT2D eigenvalue weighted by Crippen LogP contribution is -2.31. The van der Waals surface area contributed by atoms with Crippen molar-refractivity contribution in [3.8, 4) is 0 Å². The van der Waals surface area contributed by atoms with Gasteiger partial charge in [-0.25, -0.2) is 0 Å². The van der Waals surface area contributed by atoms with Crippen LogP contribution in [0.5, 0.6) is 0 Å². The highest BCUT2D eigenvalue weighted by atomic mass is 16.5. The van der Waals surface area contributed by atoms with E-state index in [2.05, 4.69) is 0 Å². The van der Waals surface area contributed by atoms with E-state index < -0.39 is 5.60 Å². The molecule has 0 heterocycles. The Morgan fingerprint density at radius 2 is 2.31 bits per heavy atom. The van der Waals surface area contributed by atoms with Crippen molar-refractivity contribution in [1.82, 2.24) is 0 Å². The molecule has 0 spiro atoms. The van der Waals surface area contributed by atoms with Gasteiger partial charge in [0.25, 0.3) is 0 Å². The van der Waals surface area contributed by atoms with Gasteiger partial charge in [0, 0.05) is 18.6 Å². The largest absolute Gasteiger partial charge is 0.509 e. The minimum Gasteiger partial charge on any atom is -0.509 e. The van der Waals surface area contributed by atoms with Gasteiger partial charge >= 0.3 is 0 Å². The second kappa shape index (κ2) is 2.35. The van der Waals surface area contributed by atoms with Crippen LogP contribution in [0.3, 0.4) is 0 Å². The molecule has 72 valence electrons. The van der Waals surface area contributed by atoms with Crippen molar-refractivity contribution in [2.24, 2.45) is 11.8 Å². The Labute approximate surface area is 77.4 Å². The molecule has 1 N–H and O–H groups in total. The molecule has 0 amide bonds. The third kappa shape index (κ3) is 0.908. The van der Waals surface area contributed by atoms with Crippen LogP contribution in [0.2, 0.25) is 0 Å². The highest BCUT2D eigenvalue weighted by Crippen LogP contribution is 2.60. The zero-order valence-electron chi connectivity index (χ0n) is 8.13. The Balaban J connectivity index is 2.43. The van der Waals surface area contributed by atoms with Crippen LogP contribution in [0.25, 0.3) is 0 Å². The number of fused-ring (bicyclic) bond motifs is 1. The first kappa shape index (κ1) is 8.75. The maximum absolute atomic E-state index is 11.2. The number of methoxy groups -OCH3 is 1. The first-order valence-corrected chi connectivity index (χ1v) is 4.52. The summed E-state index contributed by atoms with van der Waals surface area (Å²) in [6.07, 6.45) is 0.976. The lowest BCUT2D eigenvalue weighted by Gasteiger charge is -2.24. The molecule has 0 radical (unpaired) electrons. The lowest BCUT2D eigenvalue weighted by atomic mass is 10.00. The van der Waals surface area contributed by atoms with Crippen LogP contribution in [-0.2, 0) is 9.53 Å². The van der Waals surface area contributed by atoms with Crippen molar-refractivity contribution in [3.63, 3.8) is 0 Å². The van der Waals surface area contributed by atoms with Crippen LogP contribution < -0.4 is 0 Å². The minimum absolute atomic E-state index is 0.0224. The molecule has 3 nitrogen and oxygen atoms in total. The van der Waals surface area contributed by atoms with Gasteiger partial charge in [-0.15, -0.1) is 0 Å². The van der Waals surface area contributed by atoms with Crippen LogP contribution in [0.15, 0.2) is 11.3 Å². The minimum atomic E-state index is -0.605. The molecule has 0 aliphatic heterocycles. The van der Waals surface area contributed by atoms with Crippen LogP contribution >= 0.6 is 0 Å². The van der Waals surface area contributed by atoms with Crippen LogP contribution in [0.4, 0.5) is 0 Å². The van der Waals surface area contributed by atoms with Crippen LogP contribution in [0, 0.1) is 11.8 Å². The Morgan fingerprint density at radius 1 is 1.69 bits per heavy atom. The van der Waals surface area contributed by atoms with Crippen LogP contribution in [0.1, 0.15) is 20.3 Å². The molecular formula is C10H14O3. The zero-order valence-corrected chi connectivity index (χ0v) is 8.13. The molecule has 1 unspecified atom stereocenters. The molecule has 2 aliphatic rings. The molecule has 2 rings (SSSR count). The Kier molecular flexibility index (Phi) is 1.58. The summed E-state index contributed by atoms with van der Waals surface area (Å²) in [5.74, 6) is 0.702. The third-order valence-electron chi connectivity index (χ3n) is 3.40. The quantitative estimate of drug-likeness (QED) is 0.703. The highest BCUT2D eigenvalue weighted by molar-refractivity contribution is 5.96. The number of hydrogen-bond donors (Lipinski definition) is 1. The van der Waals surface area contributed by atoms with E-state index in [1.165, 1.54) is 6.92 Å². The summed E-state index contributed by atoms with van der Waals surface area (Å²) in [6, 6.07) is 0. The first-order valence-electron chi connectivity index (χ1n) is 4.52. The molecule has 0 bridgehead atoms. The number of carbonyl (C=O) groups excluding carboxylic acids is 1. The number of aliphatic hydroxyl groups is 1. The average molecular weight is 182 g/mol. The van der Waals surface area contributed by atoms with E-state index >= 15 is 0 Å². The van der Waals surface area contributed by atoms with Gasteiger partial charge in [0.1, 0.15) is 11.4 Å². The fourth-order valence-electron chi connectivity index (χ4n) is 2.42. The molecule has 3 heteroatoms. The number of Topliss-reactive ketones (excluding diaryl/α,β-unsaturated/α-hetero) is 1. The molecule has 13 heavy (non-hydrogen) atoms. The summed E-state index contributed by atoms with van der Waals surface area (Å²) < 4.78 is 5.29. The predicted octanol–water partition coefficient (Wildman–Crippen LogP) is 1.44. The summed E-state index contributed by atoms with van der Waals surface area (Å²) in [5.41, 5.74) is -0.0135. The van der Waals surface area contributed by atoms with Gasteiger partial charge < -0.3 is 9.84 Å². The van der Waals surface area contributed by atoms with Crippen molar-refractivity contribution in [2.75, 3.05) is 7.11 Å². The average Bonchev–Trinajstić information content (AvgIpc) is 2.79. The van der Waals surface area contributed by atoms with Crippen molar-refractivity contribution < 1.29 is 14.6 Å². The van der Waals surface area contributed by atoms with Gasteiger partial charge in [0.15, 0.2) is 5.78 Å². The molecule has 2 aliphatic carbocycles. The molecule has 0 aromatic heterocycles. The van der Waals surface area contributed by atoms with E-state index in [0.717, 1.165) is 6.42 Å². The Hall–Kier alpha value is -0.830. The molecular weight excluding hydrogens is 168 g/mol. The maximum Gasteiger partial charge on any atom is 0.159 e. The second-order valence-corrected chi connectivity index (χ2v) is 4.08. The van der Waals surface area contributed by atoms with Crippen molar-refractivity contribution >= 4 is 5.78 Å². The van der Waals surface area contributed by atoms with E-state index in [1.54, 1.807) is 7.11 Å². The second-order valence-electron chi connectivity index (χ2n) is 4.08. The van der Waals surface area contributed by atoms with Gasteiger partial charge in [0.2, 0.25) is 0 Å². The van der Waals surface area contributed by atoms with Gasteiger partial charge in [-0.05, 0) is 26.2 Å². The fourth-order valence-corrected chi connectivity index (χ4v) is 2.42. The van der Waals surface area contributed by atoms with E-state index in [9.17, 15) is 9.90 Å². The summed E-state index contributed by atoms with van der Waals surface area (Å²) >= 11 is 0. The molecule has 0 aromatic rings. The lowest BCUT2D eigenvalue weighted by molar-refractivity contribution is -0.114. The number of ether oxygens (including phenoxy) is 1. The first-order chi connectivity index (χ1) is 6.02. The van der Waals surface area contributed by atoms with E-state index in [-0.39, 0.29) is 17.5 Å². The Morgan fingerprint density at radius 3 is 2.62 bits per heavy atom. The summed E-state index contributed by atoms with van der Waals surface area (Å²) in [6.45, 7) is 3.35. The van der Waals surface area contributed by atoms with E-state index in [0.29, 0.717) is 11.5 Å². The highest BCUT2D eigenvalue weighted by Gasteiger charge is 2.62. The number of aliphatic hydroxyl groups excluding tert-OH is 1. The monoisotopic (exact) mass is 182 g/mol. The van der Waals surface area contributed by atoms with E-state index in [1.807, 2.05) is 6.92 Å². The van der Waals surface area contributed by atoms with Gasteiger partial charge in [-0.3, -0.25) is 4.79 Å². The number of ketones is 1. The molecule has 3 atom stereocenters. The summed E-state index contributed by atoms with van der Waals surface area (Å²) in [5, 5.41) is 9.81. The summed E-state index contributed by atoms with van der Waals surface area (Å²) in [4.78, 5) is 11.2. The van der Waals surface area contributed by atoms with Crippen LogP contribution in [-0.4, -0.2) is 23.6 Å². The van der Waals surface area contributed by atoms with Crippen molar-refractivity contribution in [1.29, 1.82) is 0 Å². The topological polar surface area (TPSA) is 46.5 Å². The zero-order chi connectivity index (χ0) is 9.80. The van der Waals surface area contributed by atoms with Gasteiger partial charge in [0.05, 0.1) is 0 Å². The Bertz CT molecular complexity index is 305. The van der Waals surface area contributed by atoms with E-state index in [4.69, 9.17) is 4.74 Å².